The van der Waals surface area contributed by atoms with Crippen molar-refractivity contribution in [2.24, 2.45) is 0 Å². The molecule has 1 aliphatic heterocycles. The Kier molecular flexibility index (Phi) is 3.50. The largest absolute Gasteiger partial charge is 0.314 e. The molecule has 1 atom stereocenters. The third-order valence-electron chi connectivity index (χ3n) is 3.98. The lowest BCUT2D eigenvalue weighted by molar-refractivity contribution is 0.158. The van der Waals surface area contributed by atoms with Crippen molar-refractivity contribution in [1.29, 1.82) is 0 Å². The Labute approximate surface area is 112 Å². The molecule has 0 bridgehead atoms. The molecule has 3 heteroatoms. The Bertz CT molecular complexity index is 399. The van der Waals surface area contributed by atoms with Crippen LogP contribution in [0.15, 0.2) is 22.7 Å². The van der Waals surface area contributed by atoms with E-state index in [2.05, 4.69) is 44.3 Å². The van der Waals surface area contributed by atoms with Gasteiger partial charge in [0.1, 0.15) is 0 Å². The zero-order chi connectivity index (χ0) is 11.7. The van der Waals surface area contributed by atoms with Crippen LogP contribution in [0.2, 0.25) is 0 Å². The van der Waals surface area contributed by atoms with Gasteiger partial charge in [0, 0.05) is 36.7 Å². The molecule has 1 aliphatic carbocycles. The summed E-state index contributed by atoms with van der Waals surface area (Å²) in [4.78, 5) is 2.66. The Morgan fingerprint density at radius 2 is 2.06 bits per heavy atom. The number of hydrogen-bond donors (Lipinski definition) is 1. The Morgan fingerprint density at radius 1 is 1.24 bits per heavy atom. The highest BCUT2D eigenvalue weighted by Crippen LogP contribution is 2.35. The predicted molar refractivity (Wildman–Crippen MR) is 74.3 cm³/mol. The molecule has 0 radical (unpaired) electrons. The highest BCUT2D eigenvalue weighted by molar-refractivity contribution is 9.10. The minimum Gasteiger partial charge on any atom is -0.314 e. The highest BCUT2D eigenvalue weighted by atomic mass is 79.9. The van der Waals surface area contributed by atoms with Crippen molar-refractivity contribution < 1.29 is 0 Å². The van der Waals surface area contributed by atoms with E-state index in [1.807, 2.05) is 0 Å². The number of hydrogen-bond acceptors (Lipinski definition) is 2. The molecule has 17 heavy (non-hydrogen) atoms. The van der Waals surface area contributed by atoms with Gasteiger partial charge in [0.2, 0.25) is 0 Å². The molecule has 1 saturated heterocycles. The molecule has 1 fully saturated rings. The molecular formula is C14H19BrN2. The molecule has 0 aromatic heterocycles. The first-order valence-corrected chi connectivity index (χ1v) is 7.37. The second-order valence-electron chi connectivity index (χ2n) is 5.04. The maximum Gasteiger partial charge on any atom is 0.0352 e. The van der Waals surface area contributed by atoms with Crippen molar-refractivity contribution in [3.05, 3.63) is 33.8 Å². The number of rotatable bonds is 1. The summed E-state index contributed by atoms with van der Waals surface area (Å²) in [5, 5.41) is 3.44. The molecule has 0 amide bonds. The van der Waals surface area contributed by atoms with E-state index >= 15 is 0 Å². The number of benzene rings is 1. The van der Waals surface area contributed by atoms with E-state index in [0.29, 0.717) is 6.04 Å². The molecule has 92 valence electrons. The zero-order valence-electron chi connectivity index (χ0n) is 10.1. The second kappa shape index (κ2) is 5.09. The number of fused-ring (bicyclic) bond motifs is 1. The van der Waals surface area contributed by atoms with Crippen molar-refractivity contribution in [2.75, 3.05) is 26.2 Å². The third-order valence-corrected chi connectivity index (χ3v) is 4.47. The highest BCUT2D eigenvalue weighted by Gasteiger charge is 2.26. The fraction of sp³-hybridized carbons (Fsp3) is 0.571. The minimum atomic E-state index is 0.661. The van der Waals surface area contributed by atoms with E-state index in [1.165, 1.54) is 36.8 Å². The van der Waals surface area contributed by atoms with Gasteiger partial charge in [-0.3, -0.25) is 4.90 Å². The van der Waals surface area contributed by atoms with Crippen molar-refractivity contribution in [2.45, 2.75) is 25.3 Å². The van der Waals surface area contributed by atoms with Crippen LogP contribution in [-0.2, 0) is 6.42 Å². The number of piperazine rings is 1. The number of halogens is 1. The van der Waals surface area contributed by atoms with Gasteiger partial charge in [0.25, 0.3) is 0 Å². The van der Waals surface area contributed by atoms with Crippen molar-refractivity contribution in [1.82, 2.24) is 10.2 Å². The van der Waals surface area contributed by atoms with Crippen molar-refractivity contribution >= 4 is 15.9 Å². The van der Waals surface area contributed by atoms with E-state index in [1.54, 1.807) is 11.1 Å². The quantitative estimate of drug-likeness (QED) is 0.857. The lowest BCUT2D eigenvalue weighted by Crippen LogP contribution is -2.45. The van der Waals surface area contributed by atoms with Crippen LogP contribution in [0.1, 0.15) is 30.0 Å². The smallest absolute Gasteiger partial charge is 0.0352 e. The van der Waals surface area contributed by atoms with Crippen molar-refractivity contribution in [3.63, 3.8) is 0 Å². The monoisotopic (exact) mass is 294 g/mol. The SMILES string of the molecule is Brc1ccc2c(c1)CCC[C@H]2N1CCNCC1. The fourth-order valence-corrected chi connectivity index (χ4v) is 3.54. The van der Waals surface area contributed by atoms with Gasteiger partial charge in [0.15, 0.2) is 0 Å². The maximum atomic E-state index is 3.58. The molecule has 1 heterocycles. The zero-order valence-corrected chi connectivity index (χ0v) is 11.7. The van der Waals surface area contributed by atoms with Gasteiger partial charge in [-0.05, 0) is 42.5 Å². The average molecular weight is 295 g/mol. The molecule has 1 aromatic carbocycles. The van der Waals surface area contributed by atoms with Crippen molar-refractivity contribution in [3.8, 4) is 0 Å². The van der Waals surface area contributed by atoms with Gasteiger partial charge >= 0.3 is 0 Å². The van der Waals surface area contributed by atoms with Crippen LogP contribution in [0.25, 0.3) is 0 Å². The standard InChI is InChI=1S/C14H19BrN2/c15-12-4-5-13-11(10-12)2-1-3-14(13)17-8-6-16-7-9-17/h4-5,10,14,16H,1-3,6-9H2/t14-/m1/s1. The topological polar surface area (TPSA) is 15.3 Å². The molecule has 3 rings (SSSR count). The molecule has 2 nitrogen and oxygen atoms in total. The molecule has 0 unspecified atom stereocenters. The normalized spacial score (nSPS) is 25.6. The van der Waals surface area contributed by atoms with E-state index in [-0.39, 0.29) is 0 Å². The van der Waals surface area contributed by atoms with Crippen LogP contribution in [0.5, 0.6) is 0 Å². The van der Waals surface area contributed by atoms with E-state index in [0.717, 1.165) is 13.1 Å². The summed E-state index contributed by atoms with van der Waals surface area (Å²) in [5.41, 5.74) is 3.12. The third kappa shape index (κ3) is 2.42. The van der Waals surface area contributed by atoms with Gasteiger partial charge in [-0.1, -0.05) is 22.0 Å². The van der Waals surface area contributed by atoms with Crippen LogP contribution in [0, 0.1) is 0 Å². The molecule has 0 saturated carbocycles. The average Bonchev–Trinajstić information content (AvgIpc) is 2.39. The minimum absolute atomic E-state index is 0.661. The summed E-state index contributed by atoms with van der Waals surface area (Å²) in [6.07, 6.45) is 3.91. The predicted octanol–water partition coefficient (Wildman–Crippen LogP) is 2.73. The Hall–Kier alpha value is -0.380. The molecule has 1 aromatic rings. The lowest BCUT2D eigenvalue weighted by Gasteiger charge is -2.38. The number of nitrogens with one attached hydrogen (secondary N) is 1. The maximum absolute atomic E-state index is 3.58. The first-order chi connectivity index (χ1) is 8.34. The molecule has 0 spiro atoms. The van der Waals surface area contributed by atoms with Gasteiger partial charge < -0.3 is 5.32 Å². The van der Waals surface area contributed by atoms with Crippen LogP contribution < -0.4 is 5.32 Å². The van der Waals surface area contributed by atoms with Crippen LogP contribution in [-0.4, -0.2) is 31.1 Å². The number of nitrogens with zero attached hydrogens (tertiary/aromatic N) is 1. The first kappa shape index (κ1) is 11.7. The fourth-order valence-electron chi connectivity index (χ4n) is 3.13. The summed E-state index contributed by atoms with van der Waals surface area (Å²) in [6, 6.07) is 7.49. The summed E-state index contributed by atoms with van der Waals surface area (Å²) in [5.74, 6) is 0. The first-order valence-electron chi connectivity index (χ1n) is 6.58. The Balaban J connectivity index is 1.88. The van der Waals surface area contributed by atoms with E-state index in [4.69, 9.17) is 0 Å². The van der Waals surface area contributed by atoms with Crippen LogP contribution >= 0.6 is 15.9 Å². The molecule has 1 N–H and O–H groups in total. The molecular weight excluding hydrogens is 276 g/mol. The summed E-state index contributed by atoms with van der Waals surface area (Å²) in [6.45, 7) is 4.67. The van der Waals surface area contributed by atoms with Gasteiger partial charge in [0.05, 0.1) is 0 Å². The molecule has 2 aliphatic rings. The van der Waals surface area contributed by atoms with E-state index in [9.17, 15) is 0 Å². The summed E-state index contributed by atoms with van der Waals surface area (Å²) in [7, 11) is 0. The second-order valence-corrected chi connectivity index (χ2v) is 5.95. The number of aryl methyl sites for hydroxylation is 1. The summed E-state index contributed by atoms with van der Waals surface area (Å²) < 4.78 is 1.22. The van der Waals surface area contributed by atoms with Crippen LogP contribution in [0.3, 0.4) is 0 Å². The summed E-state index contributed by atoms with van der Waals surface area (Å²) >= 11 is 3.58. The van der Waals surface area contributed by atoms with E-state index < -0.39 is 0 Å². The van der Waals surface area contributed by atoms with Crippen LogP contribution in [0.4, 0.5) is 0 Å². The lowest BCUT2D eigenvalue weighted by atomic mass is 9.86. The van der Waals surface area contributed by atoms with Gasteiger partial charge in [-0.2, -0.15) is 0 Å². The van der Waals surface area contributed by atoms with Gasteiger partial charge in [-0.25, -0.2) is 0 Å². The van der Waals surface area contributed by atoms with Gasteiger partial charge in [-0.15, -0.1) is 0 Å². The Morgan fingerprint density at radius 3 is 2.88 bits per heavy atom.